The third-order valence-corrected chi connectivity index (χ3v) is 3.81. The average molecular weight is 236 g/mol. The second-order valence-electron chi connectivity index (χ2n) is 5.01. The second-order valence-corrected chi connectivity index (χ2v) is 6.12. The molecule has 1 rings (SSSR count). The van der Waals surface area contributed by atoms with E-state index in [0.717, 1.165) is 17.0 Å². The largest absolute Gasteiger partial charge is 0.246 e. The number of nitriles is 1. The maximum atomic E-state index is 9.19. The predicted molar refractivity (Wildman–Crippen MR) is 68.6 cm³/mol. The van der Waals surface area contributed by atoms with Gasteiger partial charge in [-0.2, -0.15) is 5.26 Å². The molecule has 1 atom stereocenters. The van der Waals surface area contributed by atoms with Crippen LogP contribution in [-0.4, -0.2) is 4.98 Å². The molecule has 1 aromatic rings. The van der Waals surface area contributed by atoms with E-state index in [0.29, 0.717) is 11.8 Å². The molecule has 0 spiro atoms. The first-order valence-electron chi connectivity index (χ1n) is 5.81. The Hall–Kier alpha value is -0.880. The smallest absolute Gasteiger partial charge is 0.0934 e. The van der Waals surface area contributed by atoms with Crippen LogP contribution in [0.3, 0.4) is 0 Å². The molecule has 1 unspecified atom stereocenters. The van der Waals surface area contributed by atoms with E-state index in [1.54, 1.807) is 11.3 Å². The molecule has 0 N–H and O–H groups in total. The summed E-state index contributed by atoms with van der Waals surface area (Å²) in [5.41, 5.74) is 1.04. The predicted octanol–water partition coefficient (Wildman–Crippen LogP) is 3.91. The van der Waals surface area contributed by atoms with Gasteiger partial charge in [0, 0.05) is 11.3 Å². The zero-order valence-electron chi connectivity index (χ0n) is 10.7. The van der Waals surface area contributed by atoms with Gasteiger partial charge in [0.25, 0.3) is 0 Å². The lowest BCUT2D eigenvalue weighted by atomic mass is 9.95. The summed E-state index contributed by atoms with van der Waals surface area (Å²) in [6.07, 6.45) is 1.02. The van der Waals surface area contributed by atoms with Gasteiger partial charge in [0.05, 0.1) is 22.7 Å². The molecule has 88 valence electrons. The number of nitrogens with zero attached hydrogens (tertiary/aromatic N) is 2. The zero-order valence-corrected chi connectivity index (χ0v) is 11.6. The normalized spacial score (nSPS) is 13.1. The quantitative estimate of drug-likeness (QED) is 0.794. The maximum absolute atomic E-state index is 9.19. The Morgan fingerprint density at radius 3 is 2.38 bits per heavy atom. The summed E-state index contributed by atoms with van der Waals surface area (Å²) in [4.78, 5) is 5.73. The number of aromatic nitrogens is 1. The SMILES string of the molecule is Cc1nc(CC(C)C)sc1C(C#N)C(C)C. The third kappa shape index (κ3) is 3.05. The van der Waals surface area contributed by atoms with Crippen molar-refractivity contribution in [1.29, 1.82) is 5.26 Å². The van der Waals surface area contributed by atoms with Crippen molar-refractivity contribution in [1.82, 2.24) is 4.98 Å². The van der Waals surface area contributed by atoms with Gasteiger partial charge in [0.2, 0.25) is 0 Å². The summed E-state index contributed by atoms with van der Waals surface area (Å²) in [6.45, 7) is 10.6. The fourth-order valence-electron chi connectivity index (χ4n) is 1.70. The Morgan fingerprint density at radius 1 is 1.31 bits per heavy atom. The number of aryl methyl sites for hydroxylation is 1. The lowest BCUT2D eigenvalue weighted by molar-refractivity contribution is 0.591. The van der Waals surface area contributed by atoms with E-state index in [9.17, 15) is 5.26 Å². The van der Waals surface area contributed by atoms with E-state index in [-0.39, 0.29) is 5.92 Å². The van der Waals surface area contributed by atoms with Crippen LogP contribution in [0.5, 0.6) is 0 Å². The molecule has 0 amide bonds. The molecule has 2 nitrogen and oxygen atoms in total. The van der Waals surface area contributed by atoms with Crippen LogP contribution in [-0.2, 0) is 6.42 Å². The molecule has 1 heterocycles. The molecule has 0 saturated heterocycles. The van der Waals surface area contributed by atoms with Gasteiger partial charge >= 0.3 is 0 Å². The Balaban J connectivity index is 2.97. The third-order valence-electron chi connectivity index (χ3n) is 2.55. The number of hydrogen-bond donors (Lipinski definition) is 0. The number of hydrogen-bond acceptors (Lipinski definition) is 3. The van der Waals surface area contributed by atoms with Crippen LogP contribution >= 0.6 is 11.3 Å². The highest BCUT2D eigenvalue weighted by molar-refractivity contribution is 7.11. The highest BCUT2D eigenvalue weighted by Gasteiger charge is 2.21. The minimum Gasteiger partial charge on any atom is -0.246 e. The van der Waals surface area contributed by atoms with Crippen molar-refractivity contribution in [3.63, 3.8) is 0 Å². The number of thiazole rings is 1. The molecule has 3 heteroatoms. The summed E-state index contributed by atoms with van der Waals surface area (Å²) in [7, 11) is 0. The molecule has 1 aromatic heterocycles. The fraction of sp³-hybridized carbons (Fsp3) is 0.692. The fourth-order valence-corrected chi connectivity index (χ4v) is 3.20. The van der Waals surface area contributed by atoms with E-state index in [1.165, 1.54) is 5.01 Å². The van der Waals surface area contributed by atoms with Crippen molar-refractivity contribution >= 4 is 11.3 Å². The van der Waals surface area contributed by atoms with Crippen molar-refractivity contribution in [2.45, 2.75) is 47.0 Å². The Labute approximate surface area is 102 Å². The molecule has 0 radical (unpaired) electrons. The molecule has 0 bridgehead atoms. The van der Waals surface area contributed by atoms with Gasteiger partial charge < -0.3 is 0 Å². The van der Waals surface area contributed by atoms with E-state index in [2.05, 4.69) is 38.7 Å². The summed E-state index contributed by atoms with van der Waals surface area (Å²) >= 11 is 1.72. The van der Waals surface area contributed by atoms with Gasteiger partial charge in [-0.05, 0) is 18.8 Å². The Kier molecular flexibility index (Phi) is 4.49. The molecular formula is C13H20N2S. The van der Waals surface area contributed by atoms with Crippen LogP contribution in [0.15, 0.2) is 0 Å². The molecule has 0 aliphatic rings. The molecule has 0 aliphatic heterocycles. The van der Waals surface area contributed by atoms with E-state index in [1.807, 2.05) is 6.92 Å². The first-order chi connectivity index (χ1) is 7.45. The van der Waals surface area contributed by atoms with Crippen LogP contribution in [0.25, 0.3) is 0 Å². The second kappa shape index (κ2) is 5.45. The van der Waals surface area contributed by atoms with Crippen LogP contribution in [0.4, 0.5) is 0 Å². The lowest BCUT2D eigenvalue weighted by Crippen LogP contribution is -2.03. The molecule has 0 aliphatic carbocycles. The van der Waals surface area contributed by atoms with Gasteiger partial charge in [-0.15, -0.1) is 11.3 Å². The first kappa shape index (κ1) is 13.2. The van der Waals surface area contributed by atoms with Gasteiger partial charge in [0.15, 0.2) is 0 Å². The van der Waals surface area contributed by atoms with Crippen LogP contribution in [0, 0.1) is 30.1 Å². The van der Waals surface area contributed by atoms with Crippen LogP contribution in [0.1, 0.15) is 49.2 Å². The summed E-state index contributed by atoms with van der Waals surface area (Å²) in [5, 5.41) is 10.4. The Morgan fingerprint density at radius 2 is 1.94 bits per heavy atom. The molecular weight excluding hydrogens is 216 g/mol. The van der Waals surface area contributed by atoms with Gasteiger partial charge in [-0.1, -0.05) is 27.7 Å². The Bertz CT molecular complexity index is 385. The maximum Gasteiger partial charge on any atom is 0.0934 e. The van der Waals surface area contributed by atoms with Crippen molar-refractivity contribution in [3.05, 3.63) is 15.6 Å². The summed E-state index contributed by atoms with van der Waals surface area (Å²) < 4.78 is 0. The van der Waals surface area contributed by atoms with Crippen molar-refractivity contribution in [3.8, 4) is 6.07 Å². The van der Waals surface area contributed by atoms with Gasteiger partial charge in [0.1, 0.15) is 0 Å². The minimum atomic E-state index is -0.00147. The molecule has 16 heavy (non-hydrogen) atoms. The monoisotopic (exact) mass is 236 g/mol. The zero-order chi connectivity index (χ0) is 12.3. The van der Waals surface area contributed by atoms with E-state index >= 15 is 0 Å². The summed E-state index contributed by atoms with van der Waals surface area (Å²) in [6, 6.07) is 2.40. The molecule has 0 saturated carbocycles. The molecule has 0 aromatic carbocycles. The highest BCUT2D eigenvalue weighted by atomic mass is 32.1. The van der Waals surface area contributed by atoms with Gasteiger partial charge in [-0.3, -0.25) is 0 Å². The van der Waals surface area contributed by atoms with Gasteiger partial charge in [-0.25, -0.2) is 4.98 Å². The average Bonchev–Trinajstić information content (AvgIpc) is 2.46. The number of rotatable bonds is 4. The standard InChI is InChI=1S/C13H20N2S/c1-8(2)6-12-15-10(5)13(16-12)11(7-14)9(3)4/h8-9,11H,6H2,1-5H3. The summed E-state index contributed by atoms with van der Waals surface area (Å²) in [5.74, 6) is 0.979. The van der Waals surface area contributed by atoms with Crippen molar-refractivity contribution < 1.29 is 0 Å². The lowest BCUT2D eigenvalue weighted by Gasteiger charge is -2.10. The minimum absolute atomic E-state index is 0.00147. The highest BCUT2D eigenvalue weighted by Crippen LogP contribution is 2.32. The molecule has 0 fully saturated rings. The van der Waals surface area contributed by atoms with Crippen LogP contribution < -0.4 is 0 Å². The van der Waals surface area contributed by atoms with E-state index in [4.69, 9.17) is 0 Å². The first-order valence-corrected chi connectivity index (χ1v) is 6.63. The van der Waals surface area contributed by atoms with E-state index < -0.39 is 0 Å². The van der Waals surface area contributed by atoms with Crippen molar-refractivity contribution in [2.24, 2.45) is 11.8 Å². The van der Waals surface area contributed by atoms with Crippen molar-refractivity contribution in [2.75, 3.05) is 0 Å². The van der Waals surface area contributed by atoms with Crippen LogP contribution in [0.2, 0.25) is 0 Å². The topological polar surface area (TPSA) is 36.7 Å².